The van der Waals surface area contributed by atoms with Gasteiger partial charge in [0, 0.05) is 0 Å². The number of hydrogen-bond donors (Lipinski definition) is 0. The number of carbonyl (C=O) groups is 1. The van der Waals surface area contributed by atoms with E-state index in [1.807, 2.05) is 18.2 Å². The average molecular weight is 371 g/mol. The van der Waals surface area contributed by atoms with Gasteiger partial charge >= 0.3 is 5.97 Å². The van der Waals surface area contributed by atoms with E-state index in [1.54, 1.807) is 6.07 Å². The van der Waals surface area contributed by atoms with Gasteiger partial charge in [0.2, 0.25) is 0 Å². The van der Waals surface area contributed by atoms with Gasteiger partial charge in [-0.3, -0.25) is 0 Å². The predicted molar refractivity (Wildman–Crippen MR) is 113 cm³/mol. The maximum absolute atomic E-state index is 12.2. The summed E-state index contributed by atoms with van der Waals surface area (Å²) < 4.78 is 4.93. The lowest BCUT2D eigenvalue weighted by atomic mass is 9.96. The van der Waals surface area contributed by atoms with E-state index in [2.05, 4.69) is 48.5 Å². The number of carbonyl (C=O) groups excluding carboxylic acids is 1. The zero-order valence-corrected chi connectivity index (χ0v) is 15.4. The van der Waals surface area contributed by atoms with Crippen LogP contribution in [0.3, 0.4) is 0 Å². The number of esters is 1. The first-order chi connectivity index (χ1) is 13.1. The second-order valence-corrected chi connectivity index (χ2v) is 7.14. The minimum absolute atomic E-state index is 0.403. The van der Waals surface area contributed by atoms with E-state index >= 15 is 0 Å². The van der Waals surface area contributed by atoms with E-state index in [0.717, 1.165) is 21.5 Å². The van der Waals surface area contributed by atoms with Crippen molar-refractivity contribution in [2.45, 2.75) is 0 Å². The molecule has 130 valence electrons. The minimum Gasteiger partial charge on any atom is -0.465 e. The molecule has 0 saturated carbocycles. The molecule has 0 bridgehead atoms. The van der Waals surface area contributed by atoms with Crippen molar-refractivity contribution in [1.82, 2.24) is 0 Å². The fourth-order valence-electron chi connectivity index (χ4n) is 3.80. The Morgan fingerprint density at radius 3 is 1.81 bits per heavy atom. The third kappa shape index (κ3) is 2.53. The van der Waals surface area contributed by atoms with Crippen LogP contribution in [0.1, 0.15) is 10.4 Å². The Balaban J connectivity index is 1.87. The van der Waals surface area contributed by atoms with Gasteiger partial charge in [-0.15, -0.1) is 0 Å². The van der Waals surface area contributed by atoms with Crippen LogP contribution < -0.4 is 0 Å². The van der Waals surface area contributed by atoms with Gasteiger partial charge in [-0.25, -0.2) is 4.79 Å². The molecule has 3 heteroatoms. The molecule has 0 N–H and O–H groups in total. The quantitative estimate of drug-likeness (QED) is 0.241. The zero-order chi connectivity index (χ0) is 18.5. The average Bonchev–Trinajstić information content (AvgIpc) is 2.68. The molecule has 5 rings (SSSR count). The first-order valence-corrected chi connectivity index (χ1v) is 9.09. The Morgan fingerprint density at radius 2 is 1.22 bits per heavy atom. The van der Waals surface area contributed by atoms with Crippen molar-refractivity contribution in [1.29, 1.82) is 0 Å². The number of fused-ring (bicyclic) bond motifs is 4. The smallest absolute Gasteiger partial charge is 0.340 e. The van der Waals surface area contributed by atoms with Gasteiger partial charge in [0.25, 0.3) is 0 Å². The lowest BCUT2D eigenvalue weighted by molar-refractivity contribution is 0.0603. The van der Waals surface area contributed by atoms with Gasteiger partial charge in [0.15, 0.2) is 0 Å². The van der Waals surface area contributed by atoms with E-state index in [0.29, 0.717) is 10.6 Å². The van der Waals surface area contributed by atoms with Crippen LogP contribution in [-0.2, 0) is 4.74 Å². The van der Waals surface area contributed by atoms with Crippen molar-refractivity contribution in [3.63, 3.8) is 0 Å². The molecular weight excluding hydrogens is 356 g/mol. The van der Waals surface area contributed by atoms with Crippen LogP contribution in [0.15, 0.2) is 72.8 Å². The monoisotopic (exact) mass is 370 g/mol. The first-order valence-electron chi connectivity index (χ1n) is 8.71. The molecule has 5 aromatic rings. The first kappa shape index (κ1) is 16.1. The van der Waals surface area contributed by atoms with Crippen molar-refractivity contribution in [2.24, 2.45) is 0 Å². The molecule has 27 heavy (non-hydrogen) atoms. The van der Waals surface area contributed by atoms with Crippen LogP contribution in [-0.4, -0.2) is 13.1 Å². The fourth-order valence-corrected chi connectivity index (χ4v) is 4.04. The number of ether oxygens (including phenoxy) is 1. The summed E-state index contributed by atoms with van der Waals surface area (Å²) in [4.78, 5) is 12.2. The Hall–Kier alpha value is -3.10. The number of rotatable bonds is 1. The molecule has 0 unspecified atom stereocenters. The molecule has 2 nitrogen and oxygen atoms in total. The highest BCUT2D eigenvalue weighted by molar-refractivity contribution is 6.35. The number of hydrogen-bond acceptors (Lipinski definition) is 2. The summed E-state index contributed by atoms with van der Waals surface area (Å²) in [5.74, 6) is -0.420. The van der Waals surface area contributed by atoms with E-state index in [4.69, 9.17) is 16.3 Å². The maximum Gasteiger partial charge on any atom is 0.340 e. The van der Waals surface area contributed by atoms with E-state index in [-0.39, 0.29) is 0 Å². The van der Waals surface area contributed by atoms with Gasteiger partial charge in [-0.05, 0) is 85.6 Å². The molecule has 0 radical (unpaired) electrons. The molecule has 0 aliphatic carbocycles. The third-order valence-corrected chi connectivity index (χ3v) is 5.45. The van der Waals surface area contributed by atoms with Gasteiger partial charge in [0.1, 0.15) is 0 Å². The number of halogens is 1. The van der Waals surface area contributed by atoms with Crippen LogP contribution in [0.4, 0.5) is 0 Å². The molecule has 0 saturated heterocycles. The Kier molecular flexibility index (Phi) is 3.56. The molecule has 0 amide bonds. The largest absolute Gasteiger partial charge is 0.465 e. The molecule has 0 aliphatic heterocycles. The van der Waals surface area contributed by atoms with Crippen LogP contribution in [0.2, 0.25) is 5.02 Å². The lowest BCUT2D eigenvalue weighted by Crippen LogP contribution is -2.03. The third-order valence-electron chi connectivity index (χ3n) is 5.14. The Morgan fingerprint density at radius 1 is 0.704 bits per heavy atom. The number of benzene rings is 5. The molecule has 5 aromatic carbocycles. The summed E-state index contributed by atoms with van der Waals surface area (Å²) in [5, 5.41) is 9.18. The maximum atomic E-state index is 12.2. The van der Waals surface area contributed by atoms with Crippen molar-refractivity contribution < 1.29 is 9.53 Å². The Labute approximate surface area is 160 Å². The summed E-state index contributed by atoms with van der Waals surface area (Å²) in [6.07, 6.45) is 0. The summed E-state index contributed by atoms with van der Waals surface area (Å²) >= 11 is 6.29. The molecule has 0 spiro atoms. The van der Waals surface area contributed by atoms with Crippen molar-refractivity contribution >= 4 is 60.7 Å². The van der Waals surface area contributed by atoms with Crippen LogP contribution >= 0.6 is 11.6 Å². The SMILES string of the molecule is COC(=O)c1c(Cl)ccc2cc3cc4cc5ccccc5cc4cc3cc12. The van der Waals surface area contributed by atoms with Crippen LogP contribution in [0, 0.1) is 0 Å². The second-order valence-electron chi connectivity index (χ2n) is 6.73. The van der Waals surface area contributed by atoms with Gasteiger partial charge in [-0.2, -0.15) is 0 Å². The molecule has 0 heterocycles. The molecule has 0 aromatic heterocycles. The standard InChI is InChI=1S/C24H15ClO2/c1-27-24(26)23-21-13-20-12-18-9-15-5-3-2-4-14(15)8-17(18)11-19(20)10-16(21)6-7-22(23)25/h2-13H,1H3. The van der Waals surface area contributed by atoms with E-state index in [9.17, 15) is 4.79 Å². The van der Waals surface area contributed by atoms with Gasteiger partial charge in [0.05, 0.1) is 17.7 Å². The zero-order valence-electron chi connectivity index (χ0n) is 14.6. The van der Waals surface area contributed by atoms with E-state index < -0.39 is 5.97 Å². The minimum atomic E-state index is -0.420. The molecule has 0 atom stereocenters. The highest BCUT2D eigenvalue weighted by Gasteiger charge is 2.15. The topological polar surface area (TPSA) is 26.3 Å². The highest BCUT2D eigenvalue weighted by atomic mass is 35.5. The second kappa shape index (κ2) is 5.97. The predicted octanol–water partition coefficient (Wildman–Crippen LogP) is 6.74. The van der Waals surface area contributed by atoms with Crippen molar-refractivity contribution in [3.8, 4) is 0 Å². The lowest BCUT2D eigenvalue weighted by Gasteiger charge is -2.10. The normalized spacial score (nSPS) is 11.5. The molecule has 0 aliphatic rings. The summed E-state index contributed by atoms with van der Waals surface area (Å²) in [6.45, 7) is 0. The summed E-state index contributed by atoms with van der Waals surface area (Å²) in [6, 6.07) is 24.9. The molecular formula is C24H15ClO2. The van der Waals surface area contributed by atoms with Gasteiger partial charge in [-0.1, -0.05) is 41.9 Å². The molecule has 0 fully saturated rings. The number of methoxy groups -OCH3 is 1. The van der Waals surface area contributed by atoms with E-state index in [1.165, 1.54) is 28.7 Å². The fraction of sp³-hybridized carbons (Fsp3) is 0.0417. The van der Waals surface area contributed by atoms with Gasteiger partial charge < -0.3 is 4.74 Å². The van der Waals surface area contributed by atoms with Crippen molar-refractivity contribution in [2.75, 3.05) is 7.11 Å². The van der Waals surface area contributed by atoms with Crippen LogP contribution in [0.5, 0.6) is 0 Å². The summed E-state index contributed by atoms with van der Waals surface area (Å²) in [7, 11) is 1.37. The highest BCUT2D eigenvalue weighted by Crippen LogP contribution is 2.33. The Bertz CT molecular complexity index is 1390. The van der Waals surface area contributed by atoms with Crippen molar-refractivity contribution in [3.05, 3.63) is 83.4 Å². The summed E-state index contributed by atoms with van der Waals surface area (Å²) in [5.41, 5.74) is 0.414. The van der Waals surface area contributed by atoms with Crippen LogP contribution in [0.25, 0.3) is 43.1 Å².